The lowest BCUT2D eigenvalue weighted by Crippen LogP contribution is -2.42. The number of Topliss-reactive ketones (excluding diaryl/α,β-unsaturated/α-hetero) is 1. The van der Waals surface area contributed by atoms with Crippen molar-refractivity contribution in [3.05, 3.63) is 59.4 Å². The molecule has 1 unspecified atom stereocenters. The summed E-state index contributed by atoms with van der Waals surface area (Å²) in [6, 6.07) is 12.4. The molecule has 0 bridgehead atoms. The number of hydrogen-bond acceptors (Lipinski definition) is 2. The van der Waals surface area contributed by atoms with E-state index in [0.717, 1.165) is 22.5 Å². The number of carbonyl (C=O) groups excluding carboxylic acids is 1. The van der Waals surface area contributed by atoms with E-state index in [1.165, 1.54) is 12.1 Å². The van der Waals surface area contributed by atoms with E-state index in [0.29, 0.717) is 6.42 Å². The number of ketones is 1. The average Bonchev–Trinajstić information content (AvgIpc) is 2.80. The zero-order valence-electron chi connectivity index (χ0n) is 10.5. The molecule has 0 N–H and O–H groups in total. The molecule has 0 fully saturated rings. The number of para-hydroxylation sites is 1. The van der Waals surface area contributed by atoms with Crippen LogP contribution in [0, 0.1) is 5.82 Å². The molecule has 2 heterocycles. The number of benzene rings is 2. The highest BCUT2D eigenvalue weighted by molar-refractivity contribution is 6.17. The molecule has 2 aromatic carbocycles. The van der Waals surface area contributed by atoms with Crippen molar-refractivity contribution in [3.63, 3.8) is 0 Å². The number of carbonyl (C=O) groups is 1. The van der Waals surface area contributed by atoms with Crippen LogP contribution < -0.4 is 4.90 Å². The molecule has 0 aromatic heterocycles. The number of nitrogens with zero attached hydrogens (tertiary/aromatic N) is 1. The van der Waals surface area contributed by atoms with Crippen molar-refractivity contribution < 1.29 is 9.18 Å². The molecule has 0 radical (unpaired) electrons. The smallest absolute Gasteiger partial charge is 0.190 e. The van der Waals surface area contributed by atoms with Crippen LogP contribution in [0.3, 0.4) is 0 Å². The Labute approximate surface area is 110 Å². The molecule has 94 valence electrons. The minimum atomic E-state index is -0.597. The first-order valence-electron chi connectivity index (χ1n) is 6.34. The summed E-state index contributed by atoms with van der Waals surface area (Å²) in [5, 5.41) is 0. The SMILES string of the molecule is CC12Cc3cc(F)ccc3N1c1ccccc1C2=O. The van der Waals surface area contributed by atoms with Crippen LogP contribution in [0.1, 0.15) is 22.8 Å². The third kappa shape index (κ3) is 1.17. The molecule has 0 amide bonds. The zero-order valence-corrected chi connectivity index (χ0v) is 10.5. The summed E-state index contributed by atoms with van der Waals surface area (Å²) in [5.74, 6) is -0.121. The van der Waals surface area contributed by atoms with Gasteiger partial charge in [-0.15, -0.1) is 0 Å². The van der Waals surface area contributed by atoms with Gasteiger partial charge < -0.3 is 4.90 Å². The van der Waals surface area contributed by atoms with Gasteiger partial charge >= 0.3 is 0 Å². The Morgan fingerprint density at radius 1 is 1.16 bits per heavy atom. The van der Waals surface area contributed by atoms with Crippen LogP contribution in [0.25, 0.3) is 0 Å². The second kappa shape index (κ2) is 3.23. The maximum atomic E-state index is 13.4. The highest BCUT2D eigenvalue weighted by Crippen LogP contribution is 2.51. The molecule has 0 saturated carbocycles. The van der Waals surface area contributed by atoms with E-state index in [-0.39, 0.29) is 11.6 Å². The Kier molecular flexibility index (Phi) is 1.83. The van der Waals surface area contributed by atoms with Gasteiger partial charge in [0.2, 0.25) is 0 Å². The minimum Gasteiger partial charge on any atom is -0.327 e. The van der Waals surface area contributed by atoms with E-state index < -0.39 is 5.54 Å². The lowest BCUT2D eigenvalue weighted by atomic mass is 9.91. The molecule has 19 heavy (non-hydrogen) atoms. The fourth-order valence-electron chi connectivity index (χ4n) is 3.36. The Hall–Kier alpha value is -2.16. The summed E-state index contributed by atoms with van der Waals surface area (Å²) < 4.78 is 13.4. The summed E-state index contributed by atoms with van der Waals surface area (Å²) in [6.07, 6.45) is 0.563. The molecule has 0 saturated heterocycles. The van der Waals surface area contributed by atoms with Gasteiger partial charge in [-0.1, -0.05) is 12.1 Å². The highest BCUT2D eigenvalue weighted by atomic mass is 19.1. The topological polar surface area (TPSA) is 20.3 Å². The van der Waals surface area contributed by atoms with Gasteiger partial charge in [-0.25, -0.2) is 4.39 Å². The van der Waals surface area contributed by atoms with Crippen molar-refractivity contribution in [1.29, 1.82) is 0 Å². The van der Waals surface area contributed by atoms with E-state index in [2.05, 4.69) is 4.90 Å². The average molecular weight is 253 g/mol. The molecular weight excluding hydrogens is 241 g/mol. The van der Waals surface area contributed by atoms with Crippen molar-refractivity contribution in [1.82, 2.24) is 0 Å². The largest absolute Gasteiger partial charge is 0.327 e. The molecular formula is C16H12FNO. The highest BCUT2D eigenvalue weighted by Gasteiger charge is 2.52. The van der Waals surface area contributed by atoms with E-state index in [1.807, 2.05) is 31.2 Å². The number of fused-ring (bicyclic) bond motifs is 5. The first kappa shape index (κ1) is 10.7. The van der Waals surface area contributed by atoms with Crippen LogP contribution in [-0.4, -0.2) is 11.3 Å². The van der Waals surface area contributed by atoms with Gasteiger partial charge in [0.25, 0.3) is 0 Å². The molecule has 1 atom stereocenters. The Morgan fingerprint density at radius 2 is 1.95 bits per heavy atom. The Morgan fingerprint density at radius 3 is 2.79 bits per heavy atom. The summed E-state index contributed by atoms with van der Waals surface area (Å²) in [4.78, 5) is 14.7. The summed E-state index contributed by atoms with van der Waals surface area (Å²) >= 11 is 0. The van der Waals surface area contributed by atoms with Crippen molar-refractivity contribution in [2.45, 2.75) is 18.9 Å². The third-order valence-electron chi connectivity index (χ3n) is 4.19. The molecule has 0 spiro atoms. The molecule has 3 heteroatoms. The van der Waals surface area contributed by atoms with Crippen LogP contribution in [-0.2, 0) is 6.42 Å². The zero-order chi connectivity index (χ0) is 13.2. The van der Waals surface area contributed by atoms with Crippen LogP contribution >= 0.6 is 0 Å². The quantitative estimate of drug-likeness (QED) is 0.716. The van der Waals surface area contributed by atoms with E-state index in [1.54, 1.807) is 6.07 Å². The van der Waals surface area contributed by atoms with Gasteiger partial charge in [0.1, 0.15) is 11.4 Å². The predicted octanol–water partition coefficient (Wildman–Crippen LogP) is 3.47. The van der Waals surface area contributed by atoms with Crippen LogP contribution in [0.15, 0.2) is 42.5 Å². The minimum absolute atomic E-state index is 0.125. The summed E-state index contributed by atoms with van der Waals surface area (Å²) in [5.41, 5.74) is 2.95. The number of hydrogen-bond donors (Lipinski definition) is 0. The van der Waals surface area contributed by atoms with Gasteiger partial charge in [0, 0.05) is 17.7 Å². The second-order valence-electron chi connectivity index (χ2n) is 5.41. The molecule has 0 aliphatic carbocycles. The number of anilines is 2. The predicted molar refractivity (Wildman–Crippen MR) is 71.4 cm³/mol. The van der Waals surface area contributed by atoms with Gasteiger partial charge in [-0.2, -0.15) is 0 Å². The van der Waals surface area contributed by atoms with Gasteiger partial charge in [0.15, 0.2) is 5.78 Å². The van der Waals surface area contributed by atoms with Crippen molar-refractivity contribution >= 4 is 17.2 Å². The van der Waals surface area contributed by atoms with Crippen molar-refractivity contribution in [3.8, 4) is 0 Å². The fraction of sp³-hybridized carbons (Fsp3) is 0.188. The third-order valence-corrected chi connectivity index (χ3v) is 4.19. The van der Waals surface area contributed by atoms with Crippen molar-refractivity contribution in [2.75, 3.05) is 4.90 Å². The monoisotopic (exact) mass is 253 g/mol. The number of rotatable bonds is 0. The Balaban J connectivity index is 2.01. The van der Waals surface area contributed by atoms with Crippen LogP contribution in [0.4, 0.5) is 15.8 Å². The lowest BCUT2D eigenvalue weighted by Gasteiger charge is -2.28. The molecule has 2 aliphatic heterocycles. The molecule has 4 rings (SSSR count). The molecule has 2 nitrogen and oxygen atoms in total. The van der Waals surface area contributed by atoms with Gasteiger partial charge in [-0.05, 0) is 42.8 Å². The Bertz CT molecular complexity index is 724. The van der Waals surface area contributed by atoms with Crippen molar-refractivity contribution in [2.24, 2.45) is 0 Å². The van der Waals surface area contributed by atoms with E-state index >= 15 is 0 Å². The lowest BCUT2D eigenvalue weighted by molar-refractivity contribution is 0.0923. The van der Waals surface area contributed by atoms with E-state index in [9.17, 15) is 9.18 Å². The first-order chi connectivity index (χ1) is 9.11. The normalized spacial score (nSPS) is 23.3. The number of halogens is 1. The van der Waals surface area contributed by atoms with E-state index in [4.69, 9.17) is 0 Å². The fourth-order valence-corrected chi connectivity index (χ4v) is 3.36. The van der Waals surface area contributed by atoms with Gasteiger partial charge in [-0.3, -0.25) is 4.79 Å². The summed E-state index contributed by atoms with van der Waals surface area (Å²) in [7, 11) is 0. The maximum absolute atomic E-state index is 13.4. The standard InChI is InChI=1S/C16H12FNO/c1-16-9-10-8-11(17)6-7-13(10)18(16)14-5-3-2-4-12(14)15(16)19/h2-8H,9H2,1H3. The summed E-state index contributed by atoms with van der Waals surface area (Å²) in [6.45, 7) is 1.94. The maximum Gasteiger partial charge on any atom is 0.190 e. The second-order valence-corrected chi connectivity index (χ2v) is 5.41. The van der Waals surface area contributed by atoms with Crippen LogP contribution in [0.2, 0.25) is 0 Å². The first-order valence-corrected chi connectivity index (χ1v) is 6.34. The van der Waals surface area contributed by atoms with Crippen LogP contribution in [0.5, 0.6) is 0 Å². The van der Waals surface area contributed by atoms with Gasteiger partial charge in [0.05, 0.1) is 5.69 Å². The molecule has 2 aliphatic rings. The molecule has 2 aromatic rings.